The second kappa shape index (κ2) is 9.05. The molecule has 0 radical (unpaired) electrons. The molecule has 6 nitrogen and oxygen atoms in total. The number of nitrogens with zero attached hydrogens (tertiary/aromatic N) is 1. The van der Waals surface area contributed by atoms with E-state index in [1.165, 1.54) is 0 Å². The Labute approximate surface area is 170 Å². The number of carbonyl (C=O) groups excluding carboxylic acids is 1. The zero-order valence-corrected chi connectivity index (χ0v) is 17.4. The summed E-state index contributed by atoms with van der Waals surface area (Å²) in [6.45, 7) is 2.60. The Morgan fingerprint density at radius 2 is 2.07 bits per heavy atom. The summed E-state index contributed by atoms with van der Waals surface area (Å²) in [5.74, 6) is -0.107. The number of hydrogen-bond acceptors (Lipinski definition) is 5. The quantitative estimate of drug-likeness (QED) is 0.762. The number of anilines is 1. The van der Waals surface area contributed by atoms with Crippen LogP contribution in [0.5, 0.6) is 0 Å². The smallest absolute Gasteiger partial charge is 0.271 e. The van der Waals surface area contributed by atoms with Crippen LogP contribution in [0.1, 0.15) is 36.5 Å². The molecule has 3 rings (SSSR count). The number of carbonyl (C=O) groups is 1. The second-order valence-corrected chi connectivity index (χ2v) is 9.40. The fraction of sp³-hybridized carbons (Fsp3) is 0.389. The van der Waals surface area contributed by atoms with Gasteiger partial charge in [-0.3, -0.25) is 9.52 Å². The van der Waals surface area contributed by atoms with Gasteiger partial charge in [-0.05, 0) is 55.8 Å². The topological polar surface area (TPSA) is 92.5 Å². The van der Waals surface area contributed by atoms with Crippen molar-refractivity contribution in [2.24, 2.45) is 5.73 Å². The molecule has 0 bridgehead atoms. The van der Waals surface area contributed by atoms with Crippen LogP contribution in [0.3, 0.4) is 0 Å². The first kappa shape index (κ1) is 21.7. The van der Waals surface area contributed by atoms with E-state index in [9.17, 15) is 13.2 Å². The number of amides is 1. The van der Waals surface area contributed by atoms with Gasteiger partial charge in [0.05, 0.1) is 0 Å². The molecule has 2 heterocycles. The lowest BCUT2D eigenvalue weighted by atomic mass is 9.96. The minimum absolute atomic E-state index is 0. The van der Waals surface area contributed by atoms with E-state index in [0.29, 0.717) is 17.8 Å². The summed E-state index contributed by atoms with van der Waals surface area (Å²) in [7, 11) is -3.64. The van der Waals surface area contributed by atoms with E-state index >= 15 is 0 Å². The number of benzene rings is 1. The molecule has 1 aliphatic rings. The normalized spacial score (nSPS) is 18.4. The van der Waals surface area contributed by atoms with Crippen LogP contribution in [-0.2, 0) is 10.0 Å². The maximum atomic E-state index is 13.0. The molecule has 9 heteroatoms. The molecule has 1 saturated heterocycles. The molecule has 2 unspecified atom stereocenters. The fourth-order valence-electron chi connectivity index (χ4n) is 3.26. The fourth-order valence-corrected chi connectivity index (χ4v) is 5.30. The summed E-state index contributed by atoms with van der Waals surface area (Å²) in [6.07, 6.45) is 2.92. The number of nitrogens with one attached hydrogen (secondary N) is 1. The maximum Gasteiger partial charge on any atom is 0.271 e. The Morgan fingerprint density at radius 1 is 1.30 bits per heavy atom. The first-order valence-corrected chi connectivity index (χ1v) is 11.0. The third-order valence-electron chi connectivity index (χ3n) is 4.54. The van der Waals surface area contributed by atoms with E-state index < -0.39 is 10.0 Å². The summed E-state index contributed by atoms with van der Waals surface area (Å²) in [6, 6.07) is 9.76. The minimum Gasteiger partial charge on any atom is -0.334 e. The third kappa shape index (κ3) is 5.01. The molecule has 1 amide bonds. The number of hydrogen-bond donors (Lipinski definition) is 2. The summed E-state index contributed by atoms with van der Waals surface area (Å²) < 4.78 is 27.5. The SMILES string of the molecule is CC(N)C1CCCCN1C(=O)c1cccc(NS(=O)(=O)c2cccs2)c1.Cl. The Hall–Kier alpha value is -1.61. The average molecular weight is 430 g/mol. The van der Waals surface area contributed by atoms with Crippen LogP contribution in [0.25, 0.3) is 0 Å². The molecule has 1 aliphatic heterocycles. The van der Waals surface area contributed by atoms with Crippen LogP contribution in [0, 0.1) is 0 Å². The number of piperidine rings is 1. The first-order valence-electron chi connectivity index (χ1n) is 8.61. The van der Waals surface area contributed by atoms with E-state index in [4.69, 9.17) is 5.73 Å². The lowest BCUT2D eigenvalue weighted by molar-refractivity contribution is 0.0584. The molecule has 0 saturated carbocycles. The predicted molar refractivity (Wildman–Crippen MR) is 111 cm³/mol. The lowest BCUT2D eigenvalue weighted by Gasteiger charge is -2.38. The summed E-state index contributed by atoms with van der Waals surface area (Å²) in [4.78, 5) is 14.8. The van der Waals surface area contributed by atoms with Gasteiger partial charge in [0, 0.05) is 29.9 Å². The number of nitrogens with two attached hydrogens (primary N) is 1. The van der Waals surface area contributed by atoms with E-state index in [2.05, 4.69) is 4.72 Å². The van der Waals surface area contributed by atoms with Crippen LogP contribution < -0.4 is 10.5 Å². The molecule has 1 aromatic carbocycles. The number of rotatable bonds is 5. The molecule has 148 valence electrons. The largest absolute Gasteiger partial charge is 0.334 e. The van der Waals surface area contributed by atoms with Crippen molar-refractivity contribution < 1.29 is 13.2 Å². The Kier molecular flexibility index (Phi) is 7.27. The highest BCUT2D eigenvalue weighted by Crippen LogP contribution is 2.24. The second-order valence-electron chi connectivity index (χ2n) is 6.54. The molecule has 3 N–H and O–H groups in total. The van der Waals surface area contributed by atoms with Gasteiger partial charge in [-0.1, -0.05) is 12.1 Å². The Balaban J connectivity index is 0.00000261. The third-order valence-corrected chi connectivity index (χ3v) is 7.32. The van der Waals surface area contributed by atoms with E-state index in [1.54, 1.807) is 41.8 Å². The first-order chi connectivity index (χ1) is 12.4. The van der Waals surface area contributed by atoms with Gasteiger partial charge >= 0.3 is 0 Å². The highest BCUT2D eigenvalue weighted by atomic mass is 35.5. The van der Waals surface area contributed by atoms with Gasteiger partial charge in [-0.25, -0.2) is 8.42 Å². The van der Waals surface area contributed by atoms with Crippen molar-refractivity contribution in [1.29, 1.82) is 0 Å². The van der Waals surface area contributed by atoms with Crippen molar-refractivity contribution in [3.8, 4) is 0 Å². The highest BCUT2D eigenvalue weighted by Gasteiger charge is 2.30. The van der Waals surface area contributed by atoms with Crippen molar-refractivity contribution in [2.45, 2.75) is 42.5 Å². The van der Waals surface area contributed by atoms with Gasteiger partial charge in [-0.2, -0.15) is 0 Å². The maximum absolute atomic E-state index is 13.0. The zero-order valence-electron chi connectivity index (χ0n) is 15.0. The van der Waals surface area contributed by atoms with Gasteiger partial charge in [-0.15, -0.1) is 23.7 Å². The van der Waals surface area contributed by atoms with Crippen LogP contribution in [0.15, 0.2) is 46.0 Å². The molecule has 1 aromatic heterocycles. The van der Waals surface area contributed by atoms with Gasteiger partial charge < -0.3 is 10.6 Å². The van der Waals surface area contributed by atoms with E-state index in [0.717, 1.165) is 30.6 Å². The molecular weight excluding hydrogens is 406 g/mol. The minimum atomic E-state index is -3.64. The number of thiophene rings is 1. The molecule has 1 fully saturated rings. The van der Waals surface area contributed by atoms with Crippen LogP contribution in [-0.4, -0.2) is 37.9 Å². The molecule has 2 aromatic rings. The van der Waals surface area contributed by atoms with Crippen molar-refractivity contribution in [3.63, 3.8) is 0 Å². The molecule has 0 aliphatic carbocycles. The standard InChI is InChI=1S/C18H23N3O3S2.ClH/c1-13(19)16-8-2-3-10-21(16)18(22)14-6-4-7-15(12-14)20-26(23,24)17-9-5-11-25-17;/h4-7,9,11-13,16,20H,2-3,8,10,19H2,1H3;1H. The van der Waals surface area contributed by atoms with Crippen molar-refractivity contribution in [2.75, 3.05) is 11.3 Å². The number of likely N-dealkylation sites (tertiary alicyclic amines) is 1. The number of sulfonamides is 1. The monoisotopic (exact) mass is 429 g/mol. The van der Waals surface area contributed by atoms with Gasteiger partial charge in [0.15, 0.2) is 0 Å². The van der Waals surface area contributed by atoms with E-state index in [1.807, 2.05) is 11.8 Å². The number of halogens is 1. The lowest BCUT2D eigenvalue weighted by Crippen LogP contribution is -2.51. The molecule has 2 atom stereocenters. The predicted octanol–water partition coefficient (Wildman–Crippen LogP) is 3.31. The average Bonchev–Trinajstić information content (AvgIpc) is 3.16. The van der Waals surface area contributed by atoms with Gasteiger partial charge in [0.1, 0.15) is 4.21 Å². The van der Waals surface area contributed by atoms with Gasteiger partial charge in [0.25, 0.3) is 15.9 Å². The van der Waals surface area contributed by atoms with Crippen molar-refractivity contribution >= 4 is 45.4 Å². The summed E-state index contributed by atoms with van der Waals surface area (Å²) >= 11 is 1.15. The Bertz CT molecular complexity index is 870. The van der Waals surface area contributed by atoms with Crippen LogP contribution in [0.4, 0.5) is 5.69 Å². The van der Waals surface area contributed by atoms with Crippen molar-refractivity contribution in [3.05, 3.63) is 47.3 Å². The van der Waals surface area contributed by atoms with Gasteiger partial charge in [0.2, 0.25) is 0 Å². The molecule has 27 heavy (non-hydrogen) atoms. The zero-order chi connectivity index (χ0) is 18.7. The highest BCUT2D eigenvalue weighted by molar-refractivity contribution is 7.94. The van der Waals surface area contributed by atoms with Crippen LogP contribution >= 0.6 is 23.7 Å². The Morgan fingerprint density at radius 3 is 2.74 bits per heavy atom. The molecule has 0 spiro atoms. The van der Waals surface area contributed by atoms with Crippen LogP contribution in [0.2, 0.25) is 0 Å². The molecular formula is C18H24ClN3O3S2. The van der Waals surface area contributed by atoms with Crippen molar-refractivity contribution in [1.82, 2.24) is 4.90 Å². The van der Waals surface area contributed by atoms with E-state index in [-0.39, 0.29) is 34.6 Å². The summed E-state index contributed by atoms with van der Waals surface area (Å²) in [5.41, 5.74) is 6.89. The summed E-state index contributed by atoms with van der Waals surface area (Å²) in [5, 5.41) is 1.71.